The van der Waals surface area contributed by atoms with Crippen LogP contribution in [-0.4, -0.2) is 19.5 Å². The summed E-state index contributed by atoms with van der Waals surface area (Å²) >= 11 is 1.06. The van der Waals surface area contributed by atoms with E-state index in [0.29, 0.717) is 33.4 Å². The van der Waals surface area contributed by atoms with Crippen LogP contribution in [0.4, 0.5) is 0 Å². The molecule has 0 unspecified atom stereocenters. The Bertz CT molecular complexity index is 3350. The Labute approximate surface area is 306 Å². The van der Waals surface area contributed by atoms with Gasteiger partial charge in [-0.1, -0.05) is 145 Å². The number of hydrogen-bond donors (Lipinski definition) is 0. The van der Waals surface area contributed by atoms with Crippen molar-refractivity contribution in [1.82, 2.24) is 19.5 Å². The zero-order valence-corrected chi connectivity index (χ0v) is 26.9. The topological polar surface area (TPSA) is 43.6 Å². The molecule has 0 saturated heterocycles. The van der Waals surface area contributed by atoms with E-state index in [0.717, 1.165) is 39.2 Å². The Morgan fingerprint density at radius 3 is 1.58 bits per heavy atom. The average molecular weight is 667 g/mol. The molecule has 234 valence electrons. The molecule has 0 amide bonds. The average Bonchev–Trinajstić information content (AvgIpc) is 3.87. The van der Waals surface area contributed by atoms with Crippen LogP contribution in [0.5, 0.6) is 0 Å². The second kappa shape index (κ2) is 11.6. The van der Waals surface area contributed by atoms with E-state index in [2.05, 4.69) is 0 Å². The lowest BCUT2D eigenvalue weighted by atomic mass is 10.0. The van der Waals surface area contributed by atoms with Crippen LogP contribution in [0.25, 0.3) is 93.0 Å². The molecule has 7 aromatic carbocycles. The first-order chi connectivity index (χ1) is 28.9. The third-order valence-electron chi connectivity index (χ3n) is 8.76. The molecule has 10 aromatic rings. The fourth-order valence-corrected chi connectivity index (χ4v) is 7.48. The number of rotatable bonds is 5. The molecule has 3 aromatic heterocycles. The van der Waals surface area contributed by atoms with Crippen LogP contribution < -0.4 is 0 Å². The summed E-state index contributed by atoms with van der Waals surface area (Å²) in [5, 5.41) is 0.513. The summed E-state index contributed by atoms with van der Waals surface area (Å²) in [4.78, 5) is 14.5. The molecule has 0 aliphatic heterocycles. The van der Waals surface area contributed by atoms with Crippen molar-refractivity contribution in [2.45, 2.75) is 0 Å². The first-order valence-corrected chi connectivity index (χ1v) is 16.7. The molecule has 0 aliphatic carbocycles. The van der Waals surface area contributed by atoms with Gasteiger partial charge in [-0.2, -0.15) is 0 Å². The Hall–Kier alpha value is -6.43. The van der Waals surface area contributed by atoms with Gasteiger partial charge in [0.25, 0.3) is 0 Å². The van der Waals surface area contributed by atoms with E-state index in [1.165, 1.54) is 0 Å². The minimum atomic E-state index is -0.475. The molecule has 0 N–H and O–H groups in total. The number of aromatic nitrogens is 4. The minimum absolute atomic E-state index is 0.0808. The van der Waals surface area contributed by atoms with Crippen LogP contribution in [-0.2, 0) is 0 Å². The molecule has 0 radical (unpaired) electrons. The van der Waals surface area contributed by atoms with Crippen molar-refractivity contribution in [3.8, 4) is 51.0 Å². The molecule has 0 saturated carbocycles. The second-order valence-electron chi connectivity index (χ2n) is 11.7. The fourth-order valence-electron chi connectivity index (χ4n) is 6.38. The maximum absolute atomic E-state index is 9.24. The molecule has 10 rings (SSSR count). The van der Waals surface area contributed by atoms with E-state index < -0.39 is 24.2 Å². The summed E-state index contributed by atoms with van der Waals surface area (Å²) < 4.78 is 89.9. The molecule has 50 heavy (non-hydrogen) atoms. The Morgan fingerprint density at radius 2 is 0.940 bits per heavy atom. The predicted octanol–water partition coefficient (Wildman–Crippen LogP) is 12.0. The zero-order chi connectivity index (χ0) is 41.7. The SMILES string of the molecule is [2H]c1c([2H])c([2H])c2c(sc3c2c([2H])c([2H])c2c4c([2H])c([2H])c([2H])c([2H])c4n(-c4ccc(-c5ccc(-c6nc(-c7ccccc7)nc(-c7ccccc7)n6)cc5)cc4)c32)c1[2H]. The van der Waals surface area contributed by atoms with Crippen molar-refractivity contribution in [2.75, 3.05) is 0 Å². The number of fused-ring (bicyclic) bond motifs is 7. The normalized spacial score (nSPS) is 14.4. The van der Waals surface area contributed by atoms with E-state index in [4.69, 9.17) is 27.3 Å². The molecule has 4 nitrogen and oxygen atoms in total. The molecule has 0 atom stereocenters. The first-order valence-electron chi connectivity index (χ1n) is 20.9. The maximum Gasteiger partial charge on any atom is 0.164 e. The Kier molecular flexibility index (Phi) is 4.69. The van der Waals surface area contributed by atoms with E-state index >= 15 is 0 Å². The van der Waals surface area contributed by atoms with Crippen molar-refractivity contribution in [3.63, 3.8) is 0 Å². The highest BCUT2D eigenvalue weighted by molar-refractivity contribution is 7.26. The number of benzene rings is 7. The smallest absolute Gasteiger partial charge is 0.164 e. The van der Waals surface area contributed by atoms with Crippen LogP contribution in [0, 0.1) is 0 Å². The van der Waals surface area contributed by atoms with Crippen molar-refractivity contribution in [3.05, 3.63) is 170 Å². The largest absolute Gasteiger partial charge is 0.308 e. The van der Waals surface area contributed by atoms with Crippen LogP contribution in [0.15, 0.2) is 170 Å². The summed E-state index contributed by atoms with van der Waals surface area (Å²) in [6, 6.07) is 31.1. The highest BCUT2D eigenvalue weighted by Crippen LogP contribution is 2.43. The van der Waals surface area contributed by atoms with Crippen LogP contribution >= 0.6 is 11.3 Å². The summed E-state index contributed by atoms with van der Waals surface area (Å²) in [7, 11) is 0. The van der Waals surface area contributed by atoms with E-state index in [-0.39, 0.29) is 68.0 Å². The molecule has 3 heterocycles. The maximum atomic E-state index is 9.24. The van der Waals surface area contributed by atoms with Gasteiger partial charge in [-0.05, 0) is 35.3 Å². The summed E-state index contributed by atoms with van der Waals surface area (Å²) in [5.41, 5.74) is 5.22. The van der Waals surface area contributed by atoms with Crippen molar-refractivity contribution < 1.29 is 13.7 Å². The van der Waals surface area contributed by atoms with Gasteiger partial charge >= 0.3 is 0 Å². The van der Waals surface area contributed by atoms with Crippen molar-refractivity contribution >= 4 is 53.3 Å². The quantitative estimate of drug-likeness (QED) is 0.184. The van der Waals surface area contributed by atoms with E-state index in [1.807, 2.05) is 109 Å². The highest BCUT2D eigenvalue weighted by Gasteiger charge is 2.18. The molecular weight excluding hydrogens is 629 g/mol. The number of nitrogens with zero attached hydrogens (tertiary/aromatic N) is 4. The van der Waals surface area contributed by atoms with Gasteiger partial charge in [0.1, 0.15) is 0 Å². The Morgan fingerprint density at radius 1 is 0.440 bits per heavy atom. The lowest BCUT2D eigenvalue weighted by molar-refractivity contribution is 1.07. The highest BCUT2D eigenvalue weighted by atomic mass is 32.1. The monoisotopic (exact) mass is 666 g/mol. The predicted molar refractivity (Wildman–Crippen MR) is 209 cm³/mol. The van der Waals surface area contributed by atoms with Gasteiger partial charge in [-0.25, -0.2) is 15.0 Å². The summed E-state index contributed by atoms with van der Waals surface area (Å²) in [6.45, 7) is 0. The first kappa shape index (κ1) is 20.2. The molecular formula is C45H28N4S. The van der Waals surface area contributed by atoms with Crippen molar-refractivity contribution in [1.29, 1.82) is 0 Å². The van der Waals surface area contributed by atoms with E-state index in [1.54, 1.807) is 4.57 Å². The standard InChI is InChI=1S/C45H28N4S/c1-3-11-31(12-4-1)43-46-44(32-13-5-2-6-14-32)48-45(47-43)33-21-19-29(20-22-33)30-23-25-34(26-24-30)49-39-17-9-7-15-35(39)37-27-28-38-36-16-8-10-18-40(36)50-42(38)41(37)49/h1-28H/i7D,8D,9D,10D,15D,16D,17D,18D,27D,28D. The number of para-hydroxylation sites is 1. The van der Waals surface area contributed by atoms with Crippen molar-refractivity contribution in [2.24, 2.45) is 0 Å². The third kappa shape index (κ3) is 4.71. The van der Waals surface area contributed by atoms with Crippen LogP contribution in [0.2, 0.25) is 0 Å². The van der Waals surface area contributed by atoms with Gasteiger partial charge in [0.15, 0.2) is 17.5 Å². The van der Waals surface area contributed by atoms with Gasteiger partial charge < -0.3 is 4.57 Å². The minimum Gasteiger partial charge on any atom is -0.308 e. The molecule has 0 spiro atoms. The van der Waals surface area contributed by atoms with Gasteiger partial charge in [0.2, 0.25) is 0 Å². The van der Waals surface area contributed by atoms with Gasteiger partial charge in [-0.15, -0.1) is 11.3 Å². The number of hydrogen-bond acceptors (Lipinski definition) is 4. The van der Waals surface area contributed by atoms with E-state index in [9.17, 15) is 1.37 Å². The Balaban J connectivity index is 1.13. The van der Waals surface area contributed by atoms with Gasteiger partial charge in [-0.3, -0.25) is 0 Å². The molecule has 0 aliphatic rings. The van der Waals surface area contributed by atoms with Crippen LogP contribution in [0.3, 0.4) is 0 Å². The number of thiophene rings is 1. The lowest BCUT2D eigenvalue weighted by Crippen LogP contribution is -2.00. The molecule has 5 heteroatoms. The second-order valence-corrected chi connectivity index (χ2v) is 12.7. The fraction of sp³-hybridized carbons (Fsp3) is 0. The van der Waals surface area contributed by atoms with Gasteiger partial charge in [0.05, 0.1) is 29.4 Å². The molecule has 0 bridgehead atoms. The molecule has 0 fully saturated rings. The zero-order valence-electron chi connectivity index (χ0n) is 36.1. The summed E-state index contributed by atoms with van der Waals surface area (Å²) in [5.74, 6) is 1.63. The van der Waals surface area contributed by atoms with Gasteiger partial charge in [0, 0.05) is 48.6 Å². The third-order valence-corrected chi connectivity index (χ3v) is 9.88. The summed E-state index contributed by atoms with van der Waals surface area (Å²) in [6.07, 6.45) is 0. The van der Waals surface area contributed by atoms with Crippen LogP contribution in [0.1, 0.15) is 13.7 Å². The lowest BCUT2D eigenvalue weighted by Gasteiger charge is -2.11.